The Labute approximate surface area is 196 Å². The summed E-state index contributed by atoms with van der Waals surface area (Å²) in [6, 6.07) is 15.3. The van der Waals surface area contributed by atoms with Crippen molar-refractivity contribution in [3.63, 3.8) is 0 Å². The number of fused-ring (bicyclic) bond motifs is 1. The molecule has 2 aromatic carbocycles. The van der Waals surface area contributed by atoms with Crippen LogP contribution >= 0.6 is 0 Å². The second-order valence-electron chi connectivity index (χ2n) is 8.08. The summed E-state index contributed by atoms with van der Waals surface area (Å²) in [6.07, 6.45) is 0.221. The summed E-state index contributed by atoms with van der Waals surface area (Å²) in [5, 5.41) is 8.63. The second-order valence-corrected chi connectivity index (χ2v) is 8.08. The van der Waals surface area contributed by atoms with E-state index in [1.165, 1.54) is 13.8 Å². The van der Waals surface area contributed by atoms with Gasteiger partial charge in [0.25, 0.3) is 0 Å². The standard InChI is InChI=1S/C25H28N4O5/c1-15(26)22(30)28-16(2)23(31)29-20(12-17-8-4-3-5-9-17)24(32)27-14-19-13-18-10-6-7-11-21(18)34-25(19)33/h3-11,13,15-16,20H,12,14,26H2,1-2H3,(H,27,32)(H,28,30)(H,29,31)/t15-,16-,20-/m0/s1. The van der Waals surface area contributed by atoms with E-state index in [1.54, 1.807) is 24.3 Å². The Morgan fingerprint density at radius 3 is 2.29 bits per heavy atom. The van der Waals surface area contributed by atoms with Crippen molar-refractivity contribution in [1.82, 2.24) is 16.0 Å². The summed E-state index contributed by atoms with van der Waals surface area (Å²) in [5.41, 5.74) is 6.57. The maximum absolute atomic E-state index is 13.0. The van der Waals surface area contributed by atoms with Gasteiger partial charge < -0.3 is 26.1 Å². The van der Waals surface area contributed by atoms with Crippen molar-refractivity contribution in [3.05, 3.63) is 82.2 Å². The Morgan fingerprint density at radius 1 is 0.912 bits per heavy atom. The van der Waals surface area contributed by atoms with E-state index in [0.717, 1.165) is 10.9 Å². The zero-order valence-corrected chi connectivity index (χ0v) is 19.0. The monoisotopic (exact) mass is 464 g/mol. The molecule has 178 valence electrons. The molecule has 0 saturated carbocycles. The van der Waals surface area contributed by atoms with Crippen LogP contribution in [0.5, 0.6) is 0 Å². The highest BCUT2D eigenvalue weighted by atomic mass is 16.4. The predicted molar refractivity (Wildman–Crippen MR) is 128 cm³/mol. The number of amides is 3. The zero-order valence-electron chi connectivity index (χ0n) is 19.0. The number of benzene rings is 2. The molecule has 0 aliphatic carbocycles. The minimum Gasteiger partial charge on any atom is -0.422 e. The SMILES string of the molecule is C[C@H](N)C(=O)N[C@@H](C)C(=O)N[C@@H](Cc1ccccc1)C(=O)NCc1cc2ccccc2oc1=O. The average molecular weight is 465 g/mol. The molecule has 0 spiro atoms. The van der Waals surface area contributed by atoms with Crippen molar-refractivity contribution in [1.29, 1.82) is 0 Å². The molecule has 0 unspecified atom stereocenters. The number of para-hydroxylation sites is 1. The third-order valence-corrected chi connectivity index (χ3v) is 5.25. The van der Waals surface area contributed by atoms with E-state index in [4.69, 9.17) is 10.2 Å². The molecule has 0 aliphatic heterocycles. The fraction of sp³-hybridized carbons (Fsp3) is 0.280. The predicted octanol–water partition coefficient (Wildman–Crippen LogP) is 0.989. The smallest absolute Gasteiger partial charge is 0.341 e. The van der Waals surface area contributed by atoms with Crippen molar-refractivity contribution in [2.75, 3.05) is 0 Å². The Hall–Kier alpha value is -3.98. The maximum Gasteiger partial charge on any atom is 0.341 e. The average Bonchev–Trinajstić information content (AvgIpc) is 2.82. The highest BCUT2D eigenvalue weighted by molar-refractivity contribution is 5.92. The van der Waals surface area contributed by atoms with E-state index in [2.05, 4.69) is 16.0 Å². The molecule has 3 aromatic rings. The first kappa shape index (κ1) is 24.7. The van der Waals surface area contributed by atoms with Crippen LogP contribution in [0.1, 0.15) is 25.0 Å². The zero-order chi connectivity index (χ0) is 24.7. The van der Waals surface area contributed by atoms with Crippen LogP contribution < -0.4 is 27.3 Å². The van der Waals surface area contributed by atoms with E-state index >= 15 is 0 Å². The van der Waals surface area contributed by atoms with Crippen LogP contribution in [0, 0.1) is 0 Å². The Kier molecular flexibility index (Phi) is 8.15. The first-order chi connectivity index (χ1) is 16.2. The Bertz CT molecular complexity index is 1220. The number of carbonyl (C=O) groups excluding carboxylic acids is 3. The van der Waals surface area contributed by atoms with Gasteiger partial charge in [0.2, 0.25) is 17.7 Å². The van der Waals surface area contributed by atoms with Crippen molar-refractivity contribution in [2.45, 2.75) is 44.9 Å². The molecule has 3 atom stereocenters. The van der Waals surface area contributed by atoms with Crippen LogP contribution in [0.25, 0.3) is 11.0 Å². The van der Waals surface area contributed by atoms with E-state index in [1.807, 2.05) is 36.4 Å². The van der Waals surface area contributed by atoms with Crippen LogP contribution in [0.2, 0.25) is 0 Å². The lowest BCUT2D eigenvalue weighted by Gasteiger charge is -2.22. The third-order valence-electron chi connectivity index (χ3n) is 5.25. The first-order valence-electron chi connectivity index (χ1n) is 10.9. The van der Waals surface area contributed by atoms with E-state index < -0.39 is 41.5 Å². The van der Waals surface area contributed by atoms with Gasteiger partial charge in [-0.1, -0.05) is 48.5 Å². The van der Waals surface area contributed by atoms with Crippen molar-refractivity contribution in [2.24, 2.45) is 5.73 Å². The molecular weight excluding hydrogens is 436 g/mol. The lowest BCUT2D eigenvalue weighted by molar-refractivity contribution is -0.132. The molecule has 0 aliphatic rings. The van der Waals surface area contributed by atoms with Crippen molar-refractivity contribution in [3.8, 4) is 0 Å². The second kappa shape index (κ2) is 11.2. The highest BCUT2D eigenvalue weighted by Crippen LogP contribution is 2.12. The molecule has 0 bridgehead atoms. The van der Waals surface area contributed by atoms with Gasteiger partial charge in [-0.05, 0) is 31.5 Å². The molecular formula is C25H28N4O5. The number of carbonyl (C=O) groups is 3. The summed E-state index contributed by atoms with van der Waals surface area (Å²) >= 11 is 0. The molecule has 0 radical (unpaired) electrons. The maximum atomic E-state index is 13.0. The molecule has 0 fully saturated rings. The normalized spacial score (nSPS) is 13.5. The topological polar surface area (TPSA) is 144 Å². The summed E-state index contributed by atoms with van der Waals surface area (Å²) in [6.45, 7) is 2.95. The number of rotatable bonds is 9. The van der Waals surface area contributed by atoms with E-state index in [0.29, 0.717) is 5.58 Å². The lowest BCUT2D eigenvalue weighted by atomic mass is 10.0. The molecule has 34 heavy (non-hydrogen) atoms. The minimum atomic E-state index is -0.933. The first-order valence-corrected chi connectivity index (χ1v) is 10.9. The van der Waals surface area contributed by atoms with Crippen LogP contribution in [-0.4, -0.2) is 35.8 Å². The van der Waals surface area contributed by atoms with Crippen molar-refractivity contribution >= 4 is 28.7 Å². The van der Waals surface area contributed by atoms with Crippen LogP contribution in [0.15, 0.2) is 69.9 Å². The van der Waals surface area contributed by atoms with Gasteiger partial charge in [0, 0.05) is 11.8 Å². The fourth-order valence-electron chi connectivity index (χ4n) is 3.30. The molecule has 3 rings (SSSR count). The Balaban J connectivity index is 1.72. The van der Waals surface area contributed by atoms with Crippen LogP contribution in [0.3, 0.4) is 0 Å². The fourth-order valence-corrected chi connectivity index (χ4v) is 3.30. The number of nitrogens with two attached hydrogens (primary N) is 1. The van der Waals surface area contributed by atoms with Crippen molar-refractivity contribution < 1.29 is 18.8 Å². The molecule has 5 N–H and O–H groups in total. The third kappa shape index (κ3) is 6.52. The van der Waals surface area contributed by atoms with Crippen LogP contribution in [0.4, 0.5) is 0 Å². The molecule has 0 saturated heterocycles. The van der Waals surface area contributed by atoms with Gasteiger partial charge in [0.1, 0.15) is 17.7 Å². The molecule has 1 heterocycles. The van der Waals surface area contributed by atoms with Gasteiger partial charge in [-0.15, -0.1) is 0 Å². The largest absolute Gasteiger partial charge is 0.422 e. The van der Waals surface area contributed by atoms with E-state index in [9.17, 15) is 19.2 Å². The molecule has 9 heteroatoms. The van der Waals surface area contributed by atoms with Gasteiger partial charge in [-0.25, -0.2) is 4.79 Å². The van der Waals surface area contributed by atoms with E-state index in [-0.39, 0.29) is 18.5 Å². The van der Waals surface area contributed by atoms with Gasteiger partial charge in [-0.3, -0.25) is 14.4 Å². The lowest BCUT2D eigenvalue weighted by Crippen LogP contribution is -2.55. The molecule has 9 nitrogen and oxygen atoms in total. The quantitative estimate of drug-likeness (QED) is 0.348. The number of nitrogens with one attached hydrogen (secondary N) is 3. The molecule has 3 amide bonds. The van der Waals surface area contributed by atoms with Gasteiger partial charge in [0.15, 0.2) is 0 Å². The number of hydrogen-bond acceptors (Lipinski definition) is 6. The van der Waals surface area contributed by atoms with Gasteiger partial charge in [0.05, 0.1) is 18.2 Å². The van der Waals surface area contributed by atoms with Gasteiger partial charge in [-0.2, -0.15) is 0 Å². The molecule has 1 aromatic heterocycles. The minimum absolute atomic E-state index is 0.0653. The van der Waals surface area contributed by atoms with Crippen LogP contribution in [-0.2, 0) is 27.3 Å². The van der Waals surface area contributed by atoms with Gasteiger partial charge >= 0.3 is 5.63 Å². The summed E-state index contributed by atoms with van der Waals surface area (Å²) in [4.78, 5) is 49.8. The number of hydrogen-bond donors (Lipinski definition) is 4. The Morgan fingerprint density at radius 2 is 1.59 bits per heavy atom. The summed E-state index contributed by atoms with van der Waals surface area (Å²) in [7, 11) is 0. The summed E-state index contributed by atoms with van der Waals surface area (Å²) < 4.78 is 5.31. The summed E-state index contributed by atoms with van der Waals surface area (Å²) in [5.74, 6) is -1.49. The highest BCUT2D eigenvalue weighted by Gasteiger charge is 2.25.